The predicted octanol–water partition coefficient (Wildman–Crippen LogP) is 3.55. The summed E-state index contributed by atoms with van der Waals surface area (Å²) < 4.78 is 61.8. The fourth-order valence-electron chi connectivity index (χ4n) is 3.22. The SMILES string of the molecule is O=C(c1cc(C(F)(F)F)[nH]n1)N(Cc1ccccc1Cl)CC1CCS(=O)(=O)CC1. The average Bonchev–Trinajstić information content (AvgIpc) is 3.14. The van der Waals surface area contributed by atoms with E-state index in [0.717, 1.165) is 0 Å². The minimum atomic E-state index is -4.64. The molecule has 1 aromatic heterocycles. The predicted molar refractivity (Wildman–Crippen MR) is 101 cm³/mol. The number of sulfone groups is 1. The molecular weight excluding hydrogens is 431 g/mol. The standard InChI is InChI=1S/C18H19ClF3N3O3S/c19-14-4-2-1-3-13(14)11-25(10-12-5-7-29(27,28)8-6-12)17(26)15-9-16(24-23-15)18(20,21)22/h1-4,9,12H,5-8,10-11H2,(H,23,24). The summed E-state index contributed by atoms with van der Waals surface area (Å²) in [5.41, 5.74) is -0.826. The first-order valence-electron chi connectivity index (χ1n) is 8.91. The van der Waals surface area contributed by atoms with Gasteiger partial charge in [0, 0.05) is 24.2 Å². The number of alkyl halides is 3. The smallest absolute Gasteiger partial charge is 0.333 e. The first-order chi connectivity index (χ1) is 13.5. The topological polar surface area (TPSA) is 83.1 Å². The van der Waals surface area contributed by atoms with Crippen molar-refractivity contribution in [1.29, 1.82) is 0 Å². The highest BCUT2D eigenvalue weighted by atomic mass is 35.5. The number of hydrogen-bond donors (Lipinski definition) is 1. The van der Waals surface area contributed by atoms with Crippen LogP contribution in [0.25, 0.3) is 0 Å². The zero-order valence-electron chi connectivity index (χ0n) is 15.2. The van der Waals surface area contributed by atoms with Gasteiger partial charge in [-0.15, -0.1) is 0 Å². The molecule has 29 heavy (non-hydrogen) atoms. The summed E-state index contributed by atoms with van der Waals surface area (Å²) in [5, 5.41) is 5.79. The fraction of sp³-hybridized carbons (Fsp3) is 0.444. The Kier molecular flexibility index (Phi) is 6.23. The molecule has 1 saturated heterocycles. The van der Waals surface area contributed by atoms with Gasteiger partial charge in [-0.3, -0.25) is 9.89 Å². The number of rotatable bonds is 5. The Morgan fingerprint density at radius 2 is 1.90 bits per heavy atom. The number of hydrogen-bond acceptors (Lipinski definition) is 4. The second-order valence-electron chi connectivity index (χ2n) is 7.04. The summed E-state index contributed by atoms with van der Waals surface area (Å²) in [6.07, 6.45) is -3.86. The Balaban J connectivity index is 1.82. The van der Waals surface area contributed by atoms with Crippen LogP contribution in [0.1, 0.15) is 34.6 Å². The number of carbonyl (C=O) groups is 1. The number of benzene rings is 1. The van der Waals surface area contributed by atoms with Crippen molar-refractivity contribution in [3.05, 3.63) is 52.3 Å². The van der Waals surface area contributed by atoms with E-state index in [0.29, 0.717) is 29.5 Å². The van der Waals surface area contributed by atoms with E-state index in [1.165, 1.54) is 4.90 Å². The fourth-order valence-corrected chi connectivity index (χ4v) is 5.01. The van der Waals surface area contributed by atoms with Gasteiger partial charge in [0.1, 0.15) is 15.5 Å². The molecule has 0 unspecified atom stereocenters. The van der Waals surface area contributed by atoms with Crippen molar-refractivity contribution in [1.82, 2.24) is 15.1 Å². The summed E-state index contributed by atoms with van der Waals surface area (Å²) in [6, 6.07) is 7.52. The Labute approximate surface area is 171 Å². The van der Waals surface area contributed by atoms with Crippen molar-refractivity contribution in [2.75, 3.05) is 18.1 Å². The number of H-pyrrole nitrogens is 1. The highest BCUT2D eigenvalue weighted by Gasteiger charge is 2.35. The van der Waals surface area contributed by atoms with Gasteiger partial charge in [0.2, 0.25) is 0 Å². The number of nitrogens with zero attached hydrogens (tertiary/aromatic N) is 2. The first kappa shape index (κ1) is 21.6. The molecule has 2 heterocycles. The molecule has 1 aliphatic heterocycles. The molecule has 0 saturated carbocycles. The maximum Gasteiger partial charge on any atom is 0.432 e. The van der Waals surface area contributed by atoms with E-state index < -0.39 is 27.6 Å². The van der Waals surface area contributed by atoms with Gasteiger partial charge in [-0.1, -0.05) is 29.8 Å². The normalized spacial score (nSPS) is 17.2. The first-order valence-corrected chi connectivity index (χ1v) is 11.1. The molecule has 0 spiro atoms. The average molecular weight is 450 g/mol. The van der Waals surface area contributed by atoms with Crippen LogP contribution in [0.2, 0.25) is 5.02 Å². The molecule has 0 radical (unpaired) electrons. The lowest BCUT2D eigenvalue weighted by molar-refractivity contribution is -0.141. The van der Waals surface area contributed by atoms with Crippen LogP contribution in [0.3, 0.4) is 0 Å². The molecule has 1 aliphatic rings. The quantitative estimate of drug-likeness (QED) is 0.756. The van der Waals surface area contributed by atoms with Crippen molar-refractivity contribution >= 4 is 27.3 Å². The van der Waals surface area contributed by atoms with Crippen LogP contribution in [0.5, 0.6) is 0 Å². The molecule has 3 rings (SSSR count). The largest absolute Gasteiger partial charge is 0.432 e. The third-order valence-corrected chi connectivity index (χ3v) is 6.95. The zero-order chi connectivity index (χ0) is 21.2. The van der Waals surface area contributed by atoms with Crippen LogP contribution in [0, 0.1) is 5.92 Å². The molecule has 2 aromatic rings. The molecule has 1 amide bonds. The maximum atomic E-state index is 12.9. The maximum absolute atomic E-state index is 12.9. The van der Waals surface area contributed by atoms with Gasteiger partial charge in [-0.2, -0.15) is 18.3 Å². The monoisotopic (exact) mass is 449 g/mol. The van der Waals surface area contributed by atoms with E-state index in [9.17, 15) is 26.4 Å². The molecule has 0 aliphatic carbocycles. The van der Waals surface area contributed by atoms with E-state index >= 15 is 0 Å². The van der Waals surface area contributed by atoms with E-state index in [1.807, 2.05) is 5.10 Å². The third-order valence-electron chi connectivity index (χ3n) is 4.86. The van der Waals surface area contributed by atoms with Gasteiger partial charge in [0.15, 0.2) is 5.69 Å². The number of carbonyl (C=O) groups excluding carboxylic acids is 1. The van der Waals surface area contributed by atoms with Crippen molar-refractivity contribution in [2.24, 2.45) is 5.92 Å². The van der Waals surface area contributed by atoms with Gasteiger partial charge < -0.3 is 4.90 Å². The minimum absolute atomic E-state index is 0.0341. The Morgan fingerprint density at radius 1 is 1.24 bits per heavy atom. The molecule has 1 N–H and O–H groups in total. The lowest BCUT2D eigenvalue weighted by Gasteiger charge is -2.29. The molecule has 11 heteroatoms. The second kappa shape index (κ2) is 8.35. The van der Waals surface area contributed by atoms with Crippen molar-refractivity contribution in [2.45, 2.75) is 25.6 Å². The van der Waals surface area contributed by atoms with E-state index in [-0.39, 0.29) is 36.2 Å². The van der Waals surface area contributed by atoms with Gasteiger partial charge in [0.25, 0.3) is 5.91 Å². The van der Waals surface area contributed by atoms with Crippen molar-refractivity contribution in [3.8, 4) is 0 Å². The van der Waals surface area contributed by atoms with Gasteiger partial charge >= 0.3 is 6.18 Å². The molecule has 0 atom stereocenters. The summed E-state index contributed by atoms with van der Waals surface area (Å²) in [4.78, 5) is 14.3. The number of amides is 1. The van der Waals surface area contributed by atoms with E-state index in [2.05, 4.69) is 5.10 Å². The molecule has 158 valence electrons. The molecular formula is C18H19ClF3N3O3S. The molecule has 0 bridgehead atoms. The van der Waals surface area contributed by atoms with Gasteiger partial charge in [0.05, 0.1) is 11.5 Å². The number of aromatic amines is 1. The van der Waals surface area contributed by atoms with Crippen LogP contribution in [0.15, 0.2) is 30.3 Å². The van der Waals surface area contributed by atoms with Gasteiger partial charge in [-0.05, 0) is 30.4 Å². The van der Waals surface area contributed by atoms with E-state index in [4.69, 9.17) is 11.6 Å². The number of aromatic nitrogens is 2. The molecule has 6 nitrogen and oxygen atoms in total. The number of nitrogens with one attached hydrogen (secondary N) is 1. The summed E-state index contributed by atoms with van der Waals surface area (Å²) in [7, 11) is -3.07. The highest BCUT2D eigenvalue weighted by molar-refractivity contribution is 7.91. The molecule has 1 fully saturated rings. The summed E-state index contributed by atoms with van der Waals surface area (Å²) >= 11 is 6.18. The van der Waals surface area contributed by atoms with Crippen LogP contribution < -0.4 is 0 Å². The minimum Gasteiger partial charge on any atom is -0.333 e. The lowest BCUT2D eigenvalue weighted by Crippen LogP contribution is -2.38. The van der Waals surface area contributed by atoms with Crippen LogP contribution in [0.4, 0.5) is 13.2 Å². The van der Waals surface area contributed by atoms with Crippen LogP contribution >= 0.6 is 11.6 Å². The van der Waals surface area contributed by atoms with Crippen molar-refractivity contribution < 1.29 is 26.4 Å². The van der Waals surface area contributed by atoms with Crippen LogP contribution in [-0.2, 0) is 22.6 Å². The zero-order valence-corrected chi connectivity index (χ0v) is 16.8. The Hall–Kier alpha value is -2.07. The van der Waals surface area contributed by atoms with Gasteiger partial charge in [-0.25, -0.2) is 8.42 Å². The van der Waals surface area contributed by atoms with Crippen molar-refractivity contribution in [3.63, 3.8) is 0 Å². The Morgan fingerprint density at radius 3 is 2.48 bits per heavy atom. The summed E-state index contributed by atoms with van der Waals surface area (Å²) in [5.74, 6) is -0.685. The third kappa shape index (κ3) is 5.51. The van der Waals surface area contributed by atoms with E-state index in [1.54, 1.807) is 24.3 Å². The number of halogens is 4. The second-order valence-corrected chi connectivity index (χ2v) is 9.75. The van der Waals surface area contributed by atoms with Crippen LogP contribution in [-0.4, -0.2) is 47.5 Å². The lowest BCUT2D eigenvalue weighted by atomic mass is 10.0. The molecule has 1 aromatic carbocycles. The Bertz CT molecular complexity index is 977. The highest BCUT2D eigenvalue weighted by Crippen LogP contribution is 2.29. The summed E-state index contributed by atoms with van der Waals surface area (Å²) in [6.45, 7) is 0.282.